The third-order valence-corrected chi connectivity index (χ3v) is 3.75. The summed E-state index contributed by atoms with van der Waals surface area (Å²) in [4.78, 5) is 2.40. The molecule has 0 bridgehead atoms. The van der Waals surface area contributed by atoms with Gasteiger partial charge in [0.05, 0.1) is 6.73 Å². The van der Waals surface area contributed by atoms with Gasteiger partial charge in [-0.25, -0.2) is 0 Å². The second kappa shape index (κ2) is 6.57. The predicted octanol–water partition coefficient (Wildman–Crippen LogP) is 2.64. The Hall–Kier alpha value is 0.137. The van der Waals surface area contributed by atoms with Crippen LogP contribution >= 0.6 is 0 Å². The second-order valence-corrected chi connectivity index (χ2v) is 10.5. The number of rotatable bonds is 7. The van der Waals surface area contributed by atoms with Crippen LogP contribution in [0.3, 0.4) is 0 Å². The molecule has 80 valence electrons. The summed E-state index contributed by atoms with van der Waals surface area (Å²) < 4.78 is 5.16. The van der Waals surface area contributed by atoms with E-state index < -0.39 is 8.07 Å². The first-order valence-electron chi connectivity index (χ1n) is 5.21. The molecule has 0 aliphatic carbocycles. The Morgan fingerprint density at radius 3 is 2.15 bits per heavy atom. The van der Waals surface area contributed by atoms with Crippen molar-refractivity contribution >= 4 is 8.07 Å². The molecular weight excluding hydrogens is 178 g/mol. The van der Waals surface area contributed by atoms with Gasteiger partial charge >= 0.3 is 0 Å². The minimum Gasteiger partial charge on any atom is -0.369 e. The first-order chi connectivity index (χ1) is 5.99. The summed E-state index contributed by atoms with van der Waals surface area (Å²) in [6.07, 6.45) is 1.22. The van der Waals surface area contributed by atoms with Crippen molar-refractivity contribution in [1.29, 1.82) is 0 Å². The van der Waals surface area contributed by atoms with Crippen molar-refractivity contribution in [2.45, 2.75) is 39.0 Å². The molecule has 0 aliphatic heterocycles. The van der Waals surface area contributed by atoms with Crippen LogP contribution in [0.5, 0.6) is 0 Å². The molecule has 0 aromatic rings. The fourth-order valence-corrected chi connectivity index (χ4v) is 2.22. The summed E-state index contributed by atoms with van der Waals surface area (Å²) in [5.74, 6) is 0. The topological polar surface area (TPSA) is 12.5 Å². The Bertz CT molecular complexity index is 117. The lowest BCUT2D eigenvalue weighted by Gasteiger charge is -2.24. The molecule has 0 unspecified atom stereocenters. The maximum atomic E-state index is 5.16. The lowest BCUT2D eigenvalue weighted by atomic mass is 10.4. The maximum absolute atomic E-state index is 5.16. The van der Waals surface area contributed by atoms with Crippen LogP contribution < -0.4 is 0 Å². The summed E-state index contributed by atoms with van der Waals surface area (Å²) in [5, 5.41) is 0. The van der Waals surface area contributed by atoms with E-state index in [1.54, 1.807) is 7.11 Å². The summed E-state index contributed by atoms with van der Waals surface area (Å²) in [5.41, 5.74) is 0. The molecule has 0 aliphatic rings. The Labute approximate surface area is 84.3 Å². The molecule has 0 saturated heterocycles. The highest BCUT2D eigenvalue weighted by Gasteiger charge is 2.14. The minimum atomic E-state index is -0.875. The van der Waals surface area contributed by atoms with E-state index in [2.05, 4.69) is 31.5 Å². The van der Waals surface area contributed by atoms with Crippen LogP contribution in [0, 0.1) is 0 Å². The molecule has 0 amide bonds. The van der Waals surface area contributed by atoms with Gasteiger partial charge in [-0.2, -0.15) is 0 Å². The average Bonchev–Trinajstić information content (AvgIpc) is 2.00. The minimum absolute atomic E-state index is 0.790. The number of ether oxygens (including phenoxy) is 1. The Kier molecular flexibility index (Phi) is 6.64. The molecule has 0 aromatic carbocycles. The second-order valence-electron chi connectivity index (χ2n) is 4.85. The zero-order chi connectivity index (χ0) is 10.3. The van der Waals surface area contributed by atoms with Crippen molar-refractivity contribution in [1.82, 2.24) is 4.90 Å². The first kappa shape index (κ1) is 13.1. The molecule has 0 N–H and O–H groups in total. The third kappa shape index (κ3) is 8.47. The van der Waals surface area contributed by atoms with Gasteiger partial charge in [0.25, 0.3) is 0 Å². The number of methoxy groups -OCH3 is 1. The van der Waals surface area contributed by atoms with Crippen LogP contribution in [0.15, 0.2) is 0 Å². The van der Waals surface area contributed by atoms with Gasteiger partial charge < -0.3 is 4.74 Å². The standard InChI is InChI=1S/C10H25NOSi/c1-6-7-11(10-12-2)8-9-13(3,4)5/h6-10H2,1-5H3. The van der Waals surface area contributed by atoms with Crippen LogP contribution in [-0.2, 0) is 4.74 Å². The fourth-order valence-electron chi connectivity index (χ4n) is 1.23. The van der Waals surface area contributed by atoms with E-state index in [9.17, 15) is 0 Å². The third-order valence-electron chi connectivity index (χ3n) is 2.03. The highest BCUT2D eigenvalue weighted by atomic mass is 28.3. The molecule has 0 fully saturated rings. The van der Waals surface area contributed by atoms with E-state index >= 15 is 0 Å². The summed E-state index contributed by atoms with van der Waals surface area (Å²) in [6, 6.07) is 1.37. The van der Waals surface area contributed by atoms with Crippen molar-refractivity contribution in [3.8, 4) is 0 Å². The molecule has 0 saturated carbocycles. The van der Waals surface area contributed by atoms with Crippen LogP contribution in [0.1, 0.15) is 13.3 Å². The van der Waals surface area contributed by atoms with Gasteiger partial charge in [0.15, 0.2) is 0 Å². The molecule has 3 heteroatoms. The molecule has 0 aromatic heterocycles. The van der Waals surface area contributed by atoms with Crippen molar-refractivity contribution in [3.63, 3.8) is 0 Å². The molecule has 13 heavy (non-hydrogen) atoms. The van der Waals surface area contributed by atoms with E-state index in [1.807, 2.05) is 0 Å². The van der Waals surface area contributed by atoms with Crippen LogP contribution in [0.4, 0.5) is 0 Å². The highest BCUT2D eigenvalue weighted by Crippen LogP contribution is 2.09. The number of hydrogen-bond acceptors (Lipinski definition) is 2. The largest absolute Gasteiger partial charge is 0.369 e. The van der Waals surface area contributed by atoms with Gasteiger partial charge in [-0.05, 0) is 19.0 Å². The lowest BCUT2D eigenvalue weighted by Crippen LogP contribution is -2.33. The number of nitrogens with zero attached hydrogens (tertiary/aromatic N) is 1. The Morgan fingerprint density at radius 2 is 1.77 bits per heavy atom. The van der Waals surface area contributed by atoms with Crippen molar-refractivity contribution < 1.29 is 4.74 Å². The Morgan fingerprint density at radius 1 is 1.15 bits per heavy atom. The molecule has 0 spiro atoms. The van der Waals surface area contributed by atoms with E-state index in [-0.39, 0.29) is 0 Å². The normalized spacial score (nSPS) is 12.5. The summed E-state index contributed by atoms with van der Waals surface area (Å²) >= 11 is 0. The molecule has 0 rings (SSSR count). The Balaban J connectivity index is 3.68. The van der Waals surface area contributed by atoms with E-state index in [1.165, 1.54) is 25.6 Å². The average molecular weight is 203 g/mol. The highest BCUT2D eigenvalue weighted by molar-refractivity contribution is 6.76. The number of hydrogen-bond donors (Lipinski definition) is 0. The molecular formula is C10H25NOSi. The van der Waals surface area contributed by atoms with Crippen LogP contribution in [0.2, 0.25) is 25.7 Å². The maximum Gasteiger partial charge on any atom is 0.0986 e. The monoisotopic (exact) mass is 203 g/mol. The fraction of sp³-hybridized carbons (Fsp3) is 1.00. The zero-order valence-corrected chi connectivity index (χ0v) is 10.9. The lowest BCUT2D eigenvalue weighted by molar-refractivity contribution is 0.0669. The van der Waals surface area contributed by atoms with Crippen LogP contribution in [0.25, 0.3) is 0 Å². The summed E-state index contributed by atoms with van der Waals surface area (Å²) in [6.45, 7) is 12.6. The van der Waals surface area contributed by atoms with Crippen molar-refractivity contribution in [3.05, 3.63) is 0 Å². The molecule has 0 heterocycles. The smallest absolute Gasteiger partial charge is 0.0986 e. The van der Waals surface area contributed by atoms with Gasteiger partial charge in [-0.3, -0.25) is 4.90 Å². The van der Waals surface area contributed by atoms with Crippen molar-refractivity contribution in [2.75, 3.05) is 26.9 Å². The van der Waals surface area contributed by atoms with Crippen molar-refractivity contribution in [2.24, 2.45) is 0 Å². The van der Waals surface area contributed by atoms with Crippen LogP contribution in [-0.4, -0.2) is 39.9 Å². The van der Waals surface area contributed by atoms with Gasteiger partial charge in [-0.1, -0.05) is 26.6 Å². The molecule has 2 nitrogen and oxygen atoms in total. The van der Waals surface area contributed by atoms with Gasteiger partial charge in [-0.15, -0.1) is 0 Å². The predicted molar refractivity (Wildman–Crippen MR) is 61.9 cm³/mol. The van der Waals surface area contributed by atoms with E-state index in [0.29, 0.717) is 0 Å². The van der Waals surface area contributed by atoms with Gasteiger partial charge in [0.1, 0.15) is 0 Å². The van der Waals surface area contributed by atoms with Gasteiger partial charge in [0.2, 0.25) is 0 Å². The quantitative estimate of drug-likeness (QED) is 0.466. The van der Waals surface area contributed by atoms with E-state index in [4.69, 9.17) is 4.74 Å². The van der Waals surface area contributed by atoms with E-state index in [0.717, 1.165) is 6.73 Å². The molecule has 0 radical (unpaired) electrons. The zero-order valence-electron chi connectivity index (χ0n) is 9.89. The van der Waals surface area contributed by atoms with Gasteiger partial charge in [0, 0.05) is 21.7 Å². The SMILES string of the molecule is CCCN(CC[Si](C)(C)C)COC. The first-order valence-corrected chi connectivity index (χ1v) is 8.91. The molecule has 0 atom stereocenters. The summed E-state index contributed by atoms with van der Waals surface area (Å²) in [7, 11) is 0.900.